The topological polar surface area (TPSA) is 133 Å². The predicted octanol–water partition coefficient (Wildman–Crippen LogP) is 5.55. The van der Waals surface area contributed by atoms with Crippen molar-refractivity contribution in [2.75, 3.05) is 31.5 Å². The van der Waals surface area contributed by atoms with Gasteiger partial charge in [-0.1, -0.05) is 44.7 Å². The van der Waals surface area contributed by atoms with Gasteiger partial charge in [-0.3, -0.25) is 18.7 Å². The van der Waals surface area contributed by atoms with Crippen LogP contribution in [-0.2, 0) is 24.1 Å². The van der Waals surface area contributed by atoms with Gasteiger partial charge >= 0.3 is 5.69 Å². The van der Waals surface area contributed by atoms with E-state index in [1.165, 1.54) is 46.6 Å². The molecule has 0 aliphatic carbocycles. The highest BCUT2D eigenvalue weighted by atomic mass is 32.2. The molecule has 0 spiro atoms. The standard InChI is InChI=1S/C34H45N5O6S/c1-5-20-44-26-15-13-16-27(22-26)45-32-24-31-30(38(3)34(41)39(31)4)23-29(32)37-46(42,43)28-17-12-14-25(21-28)33(40)36-19-11-9-7-6-8-10-18-35-2/h12-17,21-24,35,37H,5-11,18-20H2,1-4H3,(H,36,40). The van der Waals surface area contributed by atoms with Gasteiger partial charge in [0, 0.05) is 38.3 Å². The lowest BCUT2D eigenvalue weighted by atomic mass is 10.1. The number of carbonyl (C=O) groups is 1. The fraction of sp³-hybridized carbons (Fsp3) is 0.412. The van der Waals surface area contributed by atoms with Crippen LogP contribution in [-0.4, -0.2) is 50.2 Å². The minimum atomic E-state index is -4.16. The maximum absolute atomic E-state index is 13.7. The number of benzene rings is 3. The van der Waals surface area contributed by atoms with E-state index in [1.54, 1.807) is 50.5 Å². The molecule has 0 fully saturated rings. The van der Waals surface area contributed by atoms with Gasteiger partial charge in [0.05, 0.1) is 28.2 Å². The Kier molecular flexibility index (Phi) is 12.3. The number of carbonyl (C=O) groups excluding carboxylic acids is 1. The van der Waals surface area contributed by atoms with Crippen molar-refractivity contribution in [3.63, 3.8) is 0 Å². The molecule has 11 nitrogen and oxygen atoms in total. The van der Waals surface area contributed by atoms with E-state index >= 15 is 0 Å². The summed E-state index contributed by atoms with van der Waals surface area (Å²) in [6.45, 7) is 4.10. The lowest BCUT2D eigenvalue weighted by Gasteiger charge is -2.15. The summed E-state index contributed by atoms with van der Waals surface area (Å²) >= 11 is 0. The molecule has 0 saturated carbocycles. The van der Waals surface area contributed by atoms with E-state index < -0.39 is 10.0 Å². The summed E-state index contributed by atoms with van der Waals surface area (Å²) in [5, 5.41) is 6.05. The zero-order chi connectivity index (χ0) is 33.1. The third-order valence-electron chi connectivity index (χ3n) is 7.67. The molecule has 1 heterocycles. The first-order valence-corrected chi connectivity index (χ1v) is 17.3. The van der Waals surface area contributed by atoms with Crippen LogP contribution in [0.5, 0.6) is 17.2 Å². The number of rotatable bonds is 18. The number of unbranched alkanes of at least 4 members (excludes halogenated alkanes) is 5. The van der Waals surface area contributed by atoms with Crippen LogP contribution in [0.1, 0.15) is 62.2 Å². The number of ether oxygens (including phenoxy) is 2. The molecule has 0 bridgehead atoms. The van der Waals surface area contributed by atoms with E-state index in [0.29, 0.717) is 35.7 Å². The van der Waals surface area contributed by atoms with Crippen LogP contribution in [0.3, 0.4) is 0 Å². The van der Waals surface area contributed by atoms with Gasteiger partial charge in [0.2, 0.25) is 0 Å². The molecule has 1 aromatic heterocycles. The molecule has 12 heteroatoms. The van der Waals surface area contributed by atoms with Crippen molar-refractivity contribution in [3.05, 3.63) is 76.7 Å². The highest BCUT2D eigenvalue weighted by molar-refractivity contribution is 7.92. The summed E-state index contributed by atoms with van der Waals surface area (Å²) in [5.41, 5.74) is 1.20. The normalized spacial score (nSPS) is 11.5. The van der Waals surface area contributed by atoms with Crippen molar-refractivity contribution in [3.8, 4) is 17.2 Å². The zero-order valence-corrected chi connectivity index (χ0v) is 27.9. The Balaban J connectivity index is 1.52. The quantitative estimate of drug-likeness (QED) is 0.120. The Hall–Kier alpha value is -4.29. The largest absolute Gasteiger partial charge is 0.493 e. The summed E-state index contributed by atoms with van der Waals surface area (Å²) in [7, 11) is 1.05. The average Bonchev–Trinajstić information content (AvgIpc) is 3.25. The van der Waals surface area contributed by atoms with E-state index in [9.17, 15) is 18.0 Å². The van der Waals surface area contributed by atoms with E-state index in [0.717, 1.165) is 32.2 Å². The summed E-state index contributed by atoms with van der Waals surface area (Å²) in [6.07, 6.45) is 7.37. The average molecular weight is 652 g/mol. The molecule has 0 atom stereocenters. The molecule has 0 aliphatic rings. The fourth-order valence-electron chi connectivity index (χ4n) is 5.11. The molecule has 3 aromatic carbocycles. The molecule has 3 N–H and O–H groups in total. The van der Waals surface area contributed by atoms with E-state index in [-0.39, 0.29) is 33.5 Å². The maximum atomic E-state index is 13.7. The third-order valence-corrected chi connectivity index (χ3v) is 9.03. The lowest BCUT2D eigenvalue weighted by Crippen LogP contribution is -2.25. The van der Waals surface area contributed by atoms with Gasteiger partial charge in [-0.15, -0.1) is 0 Å². The molecule has 0 unspecified atom stereocenters. The first kappa shape index (κ1) is 34.6. The Labute approximate surface area is 271 Å². The van der Waals surface area contributed by atoms with Gasteiger partial charge in [-0.2, -0.15) is 0 Å². The second kappa shape index (κ2) is 16.3. The van der Waals surface area contributed by atoms with Crippen molar-refractivity contribution < 1.29 is 22.7 Å². The zero-order valence-electron chi connectivity index (χ0n) is 27.1. The minimum absolute atomic E-state index is 0.0790. The van der Waals surface area contributed by atoms with E-state index in [2.05, 4.69) is 15.4 Å². The van der Waals surface area contributed by atoms with Gasteiger partial charge in [0.25, 0.3) is 15.9 Å². The van der Waals surface area contributed by atoms with Gasteiger partial charge in [0.1, 0.15) is 11.5 Å². The number of hydrogen-bond acceptors (Lipinski definition) is 7. The molecule has 0 aliphatic heterocycles. The Bertz CT molecular complexity index is 1800. The van der Waals surface area contributed by atoms with Crippen molar-refractivity contribution in [2.24, 2.45) is 14.1 Å². The summed E-state index contributed by atoms with van der Waals surface area (Å²) in [6, 6.07) is 16.1. The van der Waals surface area contributed by atoms with Crippen molar-refractivity contribution >= 4 is 32.7 Å². The van der Waals surface area contributed by atoms with Crippen LogP contribution in [0.25, 0.3) is 11.0 Å². The molecule has 0 saturated heterocycles. The summed E-state index contributed by atoms with van der Waals surface area (Å²) < 4.78 is 44.8. The number of hydrogen-bond donors (Lipinski definition) is 3. The first-order chi connectivity index (χ1) is 22.1. The number of aryl methyl sites for hydroxylation is 2. The number of imidazole rings is 1. The van der Waals surface area contributed by atoms with Crippen molar-refractivity contribution in [1.82, 2.24) is 19.8 Å². The van der Waals surface area contributed by atoms with Crippen LogP contribution in [0, 0.1) is 0 Å². The van der Waals surface area contributed by atoms with Gasteiger partial charge in [-0.05, 0) is 69.3 Å². The number of fused-ring (bicyclic) bond motifs is 1. The first-order valence-electron chi connectivity index (χ1n) is 15.8. The van der Waals surface area contributed by atoms with Crippen LogP contribution >= 0.6 is 0 Å². The molecule has 4 rings (SSSR count). The molecule has 248 valence electrons. The van der Waals surface area contributed by atoms with Crippen LogP contribution in [0.4, 0.5) is 5.69 Å². The highest BCUT2D eigenvalue weighted by Crippen LogP contribution is 2.36. The second-order valence-corrected chi connectivity index (χ2v) is 13.0. The number of amides is 1. The minimum Gasteiger partial charge on any atom is -0.493 e. The second-order valence-electron chi connectivity index (χ2n) is 11.3. The van der Waals surface area contributed by atoms with E-state index in [1.807, 2.05) is 20.0 Å². The maximum Gasteiger partial charge on any atom is 0.328 e. The SMILES string of the molecule is CCCOc1cccc(Oc2cc3c(cc2NS(=O)(=O)c2cccc(C(=O)NCCCCCCCCNC)c2)n(C)c(=O)n3C)c1. The molecule has 4 aromatic rings. The van der Waals surface area contributed by atoms with Crippen LogP contribution in [0.2, 0.25) is 0 Å². The number of sulfonamides is 1. The predicted molar refractivity (Wildman–Crippen MR) is 182 cm³/mol. The molecule has 1 amide bonds. The van der Waals surface area contributed by atoms with Crippen molar-refractivity contribution in [2.45, 2.75) is 56.8 Å². The number of anilines is 1. The molecular weight excluding hydrogens is 606 g/mol. The fourth-order valence-corrected chi connectivity index (χ4v) is 6.22. The monoisotopic (exact) mass is 651 g/mol. The lowest BCUT2D eigenvalue weighted by molar-refractivity contribution is 0.0952. The third kappa shape index (κ3) is 8.91. The summed E-state index contributed by atoms with van der Waals surface area (Å²) in [4.78, 5) is 25.5. The van der Waals surface area contributed by atoms with Crippen LogP contribution < -0.4 is 30.5 Å². The smallest absolute Gasteiger partial charge is 0.328 e. The summed E-state index contributed by atoms with van der Waals surface area (Å²) in [5.74, 6) is 0.911. The number of aromatic nitrogens is 2. The van der Waals surface area contributed by atoms with Gasteiger partial charge in [-0.25, -0.2) is 13.2 Å². The molecule has 0 radical (unpaired) electrons. The number of nitrogens with zero attached hydrogens (tertiary/aromatic N) is 2. The highest BCUT2D eigenvalue weighted by Gasteiger charge is 2.21. The number of nitrogens with one attached hydrogen (secondary N) is 3. The Morgan fingerprint density at radius 2 is 1.48 bits per heavy atom. The Morgan fingerprint density at radius 3 is 2.20 bits per heavy atom. The van der Waals surface area contributed by atoms with Crippen molar-refractivity contribution in [1.29, 1.82) is 0 Å². The molecular formula is C34H45N5O6S. The van der Waals surface area contributed by atoms with Gasteiger partial charge < -0.3 is 20.1 Å². The Morgan fingerprint density at radius 1 is 0.826 bits per heavy atom. The van der Waals surface area contributed by atoms with Crippen LogP contribution in [0.15, 0.2) is 70.4 Å². The van der Waals surface area contributed by atoms with Gasteiger partial charge in [0.15, 0.2) is 5.75 Å². The van der Waals surface area contributed by atoms with E-state index in [4.69, 9.17) is 9.47 Å². The molecule has 46 heavy (non-hydrogen) atoms.